The molecular formula is C27H21BrClN3O4. The van der Waals surface area contributed by atoms with E-state index in [1.54, 1.807) is 25.1 Å². The average molecular weight is 567 g/mol. The summed E-state index contributed by atoms with van der Waals surface area (Å²) in [6.07, 6.45) is 1.40. The smallest absolute Gasteiger partial charge is 0.344 e. The SMILES string of the molecule is CCOC(=O)COc1c(Br)cc(Cl)cc1/C=N\NC(=O)c1cc(-c2ccccc2)nc2ccccc12. The van der Waals surface area contributed by atoms with Crippen LogP contribution in [-0.2, 0) is 9.53 Å². The highest BCUT2D eigenvalue weighted by Gasteiger charge is 2.15. The molecule has 3 aromatic carbocycles. The Morgan fingerprint density at radius 2 is 1.83 bits per heavy atom. The van der Waals surface area contributed by atoms with Gasteiger partial charge >= 0.3 is 5.97 Å². The summed E-state index contributed by atoms with van der Waals surface area (Å²) in [5, 5.41) is 5.24. The number of aromatic nitrogens is 1. The first-order chi connectivity index (χ1) is 17.5. The molecule has 7 nitrogen and oxygen atoms in total. The van der Waals surface area contributed by atoms with Crippen molar-refractivity contribution in [1.29, 1.82) is 0 Å². The number of hydrogen-bond acceptors (Lipinski definition) is 6. The lowest BCUT2D eigenvalue weighted by molar-refractivity contribution is -0.145. The Kier molecular flexibility index (Phi) is 8.30. The maximum Gasteiger partial charge on any atom is 0.344 e. The predicted molar refractivity (Wildman–Crippen MR) is 144 cm³/mol. The summed E-state index contributed by atoms with van der Waals surface area (Å²) in [5.74, 6) is -0.572. The third-order valence-electron chi connectivity index (χ3n) is 5.08. The number of rotatable bonds is 8. The summed E-state index contributed by atoms with van der Waals surface area (Å²) < 4.78 is 11.0. The van der Waals surface area contributed by atoms with Crippen LogP contribution in [0.2, 0.25) is 5.02 Å². The van der Waals surface area contributed by atoms with E-state index in [-0.39, 0.29) is 13.2 Å². The van der Waals surface area contributed by atoms with Crippen molar-refractivity contribution in [3.05, 3.63) is 93.4 Å². The molecule has 0 aliphatic rings. The number of halogens is 2. The van der Waals surface area contributed by atoms with Gasteiger partial charge in [-0.15, -0.1) is 0 Å². The summed E-state index contributed by atoms with van der Waals surface area (Å²) in [6, 6.07) is 22.0. The number of carbonyl (C=O) groups is 2. The van der Waals surface area contributed by atoms with E-state index in [1.807, 2.05) is 54.6 Å². The van der Waals surface area contributed by atoms with Gasteiger partial charge in [-0.3, -0.25) is 4.79 Å². The molecule has 9 heteroatoms. The fourth-order valence-electron chi connectivity index (χ4n) is 3.50. The quantitative estimate of drug-likeness (QED) is 0.160. The average Bonchev–Trinajstić information content (AvgIpc) is 2.88. The summed E-state index contributed by atoms with van der Waals surface area (Å²) >= 11 is 9.56. The van der Waals surface area contributed by atoms with Crippen LogP contribution in [0, 0.1) is 0 Å². The van der Waals surface area contributed by atoms with Crippen molar-refractivity contribution in [2.75, 3.05) is 13.2 Å². The Morgan fingerprint density at radius 3 is 2.61 bits per heavy atom. The van der Waals surface area contributed by atoms with E-state index < -0.39 is 11.9 Å². The van der Waals surface area contributed by atoms with E-state index in [9.17, 15) is 9.59 Å². The molecule has 0 radical (unpaired) electrons. The van der Waals surface area contributed by atoms with Crippen molar-refractivity contribution < 1.29 is 19.1 Å². The molecule has 4 aromatic rings. The molecule has 0 unspecified atom stereocenters. The number of nitrogens with zero attached hydrogens (tertiary/aromatic N) is 2. The number of carbonyl (C=O) groups excluding carboxylic acids is 2. The Bertz CT molecular complexity index is 1440. The minimum Gasteiger partial charge on any atom is -0.480 e. The van der Waals surface area contributed by atoms with Gasteiger partial charge < -0.3 is 9.47 Å². The van der Waals surface area contributed by atoms with Crippen LogP contribution in [0.15, 0.2) is 82.4 Å². The standard InChI is InChI=1S/C27H21BrClN3O4/c1-2-35-25(33)16-36-26-18(12-19(29)13-22(26)28)15-30-32-27(34)21-14-24(17-8-4-3-5-9-17)31-23-11-7-6-10-20(21)23/h3-15H,2,16H2,1H3,(H,32,34)/b30-15-. The van der Waals surface area contributed by atoms with Crippen LogP contribution in [0.4, 0.5) is 0 Å². The molecule has 0 fully saturated rings. The van der Waals surface area contributed by atoms with Gasteiger partial charge in [0.05, 0.1) is 34.1 Å². The molecule has 0 spiro atoms. The summed E-state index contributed by atoms with van der Waals surface area (Å²) in [7, 11) is 0. The first-order valence-electron chi connectivity index (χ1n) is 11.0. The zero-order chi connectivity index (χ0) is 25.5. The second kappa shape index (κ2) is 11.8. The Morgan fingerprint density at radius 1 is 1.08 bits per heavy atom. The first kappa shape index (κ1) is 25.3. The van der Waals surface area contributed by atoms with Crippen LogP contribution in [0.25, 0.3) is 22.2 Å². The molecule has 0 saturated heterocycles. The number of esters is 1. The molecule has 0 bridgehead atoms. The molecule has 4 rings (SSSR count). The molecule has 0 atom stereocenters. The van der Waals surface area contributed by atoms with Crippen molar-refractivity contribution in [3.63, 3.8) is 0 Å². The van der Waals surface area contributed by atoms with Crippen molar-refractivity contribution in [1.82, 2.24) is 10.4 Å². The second-order valence-corrected chi connectivity index (χ2v) is 8.83. The second-order valence-electron chi connectivity index (χ2n) is 7.54. The molecule has 182 valence electrons. The number of fused-ring (bicyclic) bond motifs is 1. The number of amides is 1. The van der Waals surface area contributed by atoms with E-state index in [0.29, 0.717) is 43.0 Å². The summed E-state index contributed by atoms with van der Waals surface area (Å²) in [6.45, 7) is 1.68. The third-order valence-corrected chi connectivity index (χ3v) is 5.88. The van der Waals surface area contributed by atoms with Crippen molar-refractivity contribution >= 4 is 56.5 Å². The van der Waals surface area contributed by atoms with E-state index in [1.165, 1.54) is 6.21 Å². The number of benzene rings is 3. The van der Waals surface area contributed by atoms with Gasteiger partial charge in [0.15, 0.2) is 6.61 Å². The van der Waals surface area contributed by atoms with Crippen LogP contribution in [0.5, 0.6) is 5.75 Å². The van der Waals surface area contributed by atoms with Crippen LogP contribution in [-0.4, -0.2) is 36.3 Å². The van der Waals surface area contributed by atoms with E-state index >= 15 is 0 Å². The monoisotopic (exact) mass is 565 g/mol. The first-order valence-corrected chi connectivity index (χ1v) is 12.2. The Labute approximate surface area is 221 Å². The maximum atomic E-state index is 13.2. The highest BCUT2D eigenvalue weighted by atomic mass is 79.9. The molecular weight excluding hydrogens is 546 g/mol. The lowest BCUT2D eigenvalue weighted by Crippen LogP contribution is -2.19. The number of pyridine rings is 1. The van der Waals surface area contributed by atoms with Gasteiger partial charge in [-0.1, -0.05) is 60.1 Å². The number of hydrogen-bond donors (Lipinski definition) is 1. The van der Waals surface area contributed by atoms with Crippen molar-refractivity contribution in [2.45, 2.75) is 6.92 Å². The van der Waals surface area contributed by atoms with E-state index in [0.717, 1.165) is 5.56 Å². The highest BCUT2D eigenvalue weighted by Crippen LogP contribution is 2.32. The Balaban J connectivity index is 1.60. The van der Waals surface area contributed by atoms with Gasteiger partial charge in [0.25, 0.3) is 5.91 Å². The van der Waals surface area contributed by atoms with Gasteiger partial charge in [0.1, 0.15) is 5.75 Å². The normalized spacial score (nSPS) is 11.0. The number of nitrogens with one attached hydrogen (secondary N) is 1. The van der Waals surface area contributed by atoms with Crippen LogP contribution < -0.4 is 10.2 Å². The molecule has 0 aliphatic carbocycles. The van der Waals surface area contributed by atoms with Gasteiger partial charge in [0.2, 0.25) is 0 Å². The Hall–Kier alpha value is -3.75. The number of ether oxygens (including phenoxy) is 2. The minimum absolute atomic E-state index is 0.250. The molecule has 1 aromatic heterocycles. The zero-order valence-electron chi connectivity index (χ0n) is 19.2. The zero-order valence-corrected chi connectivity index (χ0v) is 21.5. The van der Waals surface area contributed by atoms with Crippen LogP contribution in [0.3, 0.4) is 0 Å². The largest absolute Gasteiger partial charge is 0.480 e. The maximum absolute atomic E-state index is 13.2. The molecule has 1 heterocycles. The third kappa shape index (κ3) is 6.08. The molecule has 0 aliphatic heterocycles. The van der Waals surface area contributed by atoms with Gasteiger partial charge in [-0.25, -0.2) is 15.2 Å². The molecule has 0 saturated carbocycles. The minimum atomic E-state index is -0.505. The number of para-hydroxylation sites is 1. The molecule has 1 amide bonds. The predicted octanol–water partition coefficient (Wildman–Crippen LogP) is 6.02. The topological polar surface area (TPSA) is 89.9 Å². The van der Waals surface area contributed by atoms with Gasteiger partial charge in [-0.2, -0.15) is 5.10 Å². The summed E-state index contributed by atoms with van der Waals surface area (Å²) in [4.78, 5) is 29.6. The van der Waals surface area contributed by atoms with Gasteiger partial charge in [0, 0.05) is 21.5 Å². The highest BCUT2D eigenvalue weighted by molar-refractivity contribution is 9.10. The fourth-order valence-corrected chi connectivity index (χ4v) is 4.45. The summed E-state index contributed by atoms with van der Waals surface area (Å²) in [5.41, 5.74) is 5.73. The van der Waals surface area contributed by atoms with Crippen LogP contribution in [0.1, 0.15) is 22.8 Å². The number of hydrazone groups is 1. The van der Waals surface area contributed by atoms with E-state index in [4.69, 9.17) is 26.1 Å². The van der Waals surface area contributed by atoms with Gasteiger partial charge in [-0.05, 0) is 47.1 Å². The van der Waals surface area contributed by atoms with Crippen molar-refractivity contribution in [3.8, 4) is 17.0 Å². The van der Waals surface area contributed by atoms with Crippen LogP contribution >= 0.6 is 27.5 Å². The molecule has 1 N–H and O–H groups in total. The van der Waals surface area contributed by atoms with Crippen molar-refractivity contribution in [2.24, 2.45) is 5.10 Å². The fraction of sp³-hybridized carbons (Fsp3) is 0.111. The molecule has 36 heavy (non-hydrogen) atoms. The lowest BCUT2D eigenvalue weighted by atomic mass is 10.0. The van der Waals surface area contributed by atoms with E-state index in [2.05, 4.69) is 26.5 Å². The lowest BCUT2D eigenvalue weighted by Gasteiger charge is -2.11.